The largest absolute Gasteiger partial charge is 0.394 e. The summed E-state index contributed by atoms with van der Waals surface area (Å²) in [6, 6.07) is 0. The highest BCUT2D eigenvalue weighted by Gasteiger charge is 2.13. The summed E-state index contributed by atoms with van der Waals surface area (Å²) in [7, 11) is 0. The van der Waals surface area contributed by atoms with Crippen LogP contribution in [-0.2, 0) is 4.79 Å². The van der Waals surface area contributed by atoms with Gasteiger partial charge in [0.1, 0.15) is 13.7 Å². The van der Waals surface area contributed by atoms with Crippen LogP contribution in [0.25, 0.3) is 0 Å². The number of hydrogen-bond donors (Lipinski definition) is 3. The Hall–Kier alpha value is -0.450. The highest BCUT2D eigenvalue weighted by atomic mass is 16.4. The zero-order valence-corrected chi connectivity index (χ0v) is 4.82. The molecule has 0 amide bonds. The fourth-order valence-electron chi connectivity index (χ4n) is 0.343. The van der Waals surface area contributed by atoms with E-state index in [1.165, 1.54) is 0 Å². The minimum absolute atomic E-state index is 0.443. The molecule has 0 saturated carbocycles. The lowest BCUT2D eigenvalue weighted by Crippen LogP contribution is -2.29. The number of aliphatic hydroxyl groups is 3. The van der Waals surface area contributed by atoms with Crippen molar-refractivity contribution in [1.29, 1.82) is 0 Å². The van der Waals surface area contributed by atoms with Crippen molar-refractivity contribution in [3.05, 3.63) is 0 Å². The zero-order valence-electron chi connectivity index (χ0n) is 5.82. The van der Waals surface area contributed by atoms with Gasteiger partial charge in [-0.25, -0.2) is 0 Å². The molecule has 0 aromatic heterocycles. The lowest BCUT2D eigenvalue weighted by Gasteiger charge is -2.11. The van der Waals surface area contributed by atoms with E-state index >= 15 is 0 Å². The van der Waals surface area contributed by atoms with Crippen LogP contribution in [0.1, 0.15) is 7.79 Å². The maximum Gasteiger partial charge on any atom is 0.122 e. The minimum Gasteiger partial charge on any atom is -0.394 e. The molecule has 4 heteroatoms. The van der Waals surface area contributed by atoms with E-state index in [4.69, 9.17) is 16.7 Å². The van der Waals surface area contributed by atoms with Gasteiger partial charge in [0.05, 0.1) is 12.7 Å². The lowest BCUT2D eigenvalue weighted by atomic mass is 10.2. The summed E-state index contributed by atoms with van der Waals surface area (Å²) in [5.74, 6) is 0. The topological polar surface area (TPSA) is 77.8 Å². The van der Waals surface area contributed by atoms with Crippen molar-refractivity contribution in [2.45, 2.75) is 18.6 Å². The molecule has 0 aromatic rings. The standard InChI is InChI=1S/C5H10O4/c6-2-1-4(8)5(9)3-7/h2,4-5,7-9H,1,3H2/t4-,5-/m1/s1/i2D. The first-order chi connectivity index (χ1) is 4.57. The highest BCUT2D eigenvalue weighted by molar-refractivity contribution is 5.50. The molecule has 0 heterocycles. The van der Waals surface area contributed by atoms with Crippen molar-refractivity contribution in [3.63, 3.8) is 0 Å². The van der Waals surface area contributed by atoms with Crippen molar-refractivity contribution in [1.82, 2.24) is 0 Å². The molecular weight excluding hydrogens is 124 g/mol. The first kappa shape index (κ1) is 6.67. The summed E-state index contributed by atoms with van der Waals surface area (Å²) in [6.07, 6.45) is -4.05. The van der Waals surface area contributed by atoms with Crippen molar-refractivity contribution in [3.8, 4) is 0 Å². The van der Waals surface area contributed by atoms with Crippen molar-refractivity contribution in [2.24, 2.45) is 0 Å². The van der Waals surface area contributed by atoms with Crippen LogP contribution in [0.3, 0.4) is 0 Å². The highest BCUT2D eigenvalue weighted by Crippen LogP contribution is 1.94. The Morgan fingerprint density at radius 1 is 1.56 bits per heavy atom. The Kier molecular flexibility index (Phi) is 3.28. The van der Waals surface area contributed by atoms with E-state index in [0.29, 0.717) is 0 Å². The molecule has 0 saturated heterocycles. The number of rotatable bonds is 4. The molecule has 0 unspecified atom stereocenters. The molecule has 0 fully saturated rings. The third-order valence-corrected chi connectivity index (χ3v) is 0.924. The number of aldehydes is 1. The molecule has 0 rings (SSSR count). The molecular formula is C5H10O4. The second-order valence-corrected chi connectivity index (χ2v) is 1.67. The van der Waals surface area contributed by atoms with E-state index in [1.807, 2.05) is 0 Å². The first-order valence-corrected chi connectivity index (χ1v) is 2.54. The SMILES string of the molecule is [2H]C(=O)C[C@@H](O)[C@H](O)CO. The fourth-order valence-corrected chi connectivity index (χ4v) is 0.343. The van der Waals surface area contributed by atoms with Crippen LogP contribution in [-0.4, -0.2) is 40.4 Å². The summed E-state index contributed by atoms with van der Waals surface area (Å²) in [5, 5.41) is 25.6. The normalized spacial score (nSPS) is 18.3. The summed E-state index contributed by atoms with van der Waals surface area (Å²) < 4.78 is 6.38. The Balaban J connectivity index is 3.61. The van der Waals surface area contributed by atoms with Gasteiger partial charge in [0.25, 0.3) is 0 Å². The van der Waals surface area contributed by atoms with Gasteiger partial charge in [-0.05, 0) is 0 Å². The van der Waals surface area contributed by atoms with Gasteiger partial charge in [0, 0.05) is 6.42 Å². The predicted octanol–water partition coefficient (Wildman–Crippen LogP) is -1.71. The van der Waals surface area contributed by atoms with E-state index in [2.05, 4.69) is 0 Å². The van der Waals surface area contributed by atoms with Crippen molar-refractivity contribution < 1.29 is 21.5 Å². The van der Waals surface area contributed by atoms with E-state index < -0.39 is 31.5 Å². The molecule has 2 atom stereocenters. The van der Waals surface area contributed by atoms with Crippen LogP contribution in [0.5, 0.6) is 0 Å². The van der Waals surface area contributed by atoms with E-state index in [9.17, 15) is 4.79 Å². The van der Waals surface area contributed by atoms with Gasteiger partial charge in [-0.2, -0.15) is 0 Å². The first-order valence-electron chi connectivity index (χ1n) is 3.04. The second kappa shape index (κ2) is 4.43. The Labute approximate surface area is 54.1 Å². The van der Waals surface area contributed by atoms with Crippen LogP contribution in [0.4, 0.5) is 0 Å². The molecule has 0 aliphatic carbocycles. The summed E-state index contributed by atoms with van der Waals surface area (Å²) >= 11 is 0. The average Bonchev–Trinajstić information content (AvgIpc) is 1.85. The average molecular weight is 135 g/mol. The maximum atomic E-state index is 9.99. The van der Waals surface area contributed by atoms with Crippen LogP contribution in [0.15, 0.2) is 0 Å². The minimum atomic E-state index is -1.32. The van der Waals surface area contributed by atoms with Crippen LogP contribution < -0.4 is 0 Å². The maximum absolute atomic E-state index is 9.99. The monoisotopic (exact) mass is 135 g/mol. The van der Waals surface area contributed by atoms with Gasteiger partial charge < -0.3 is 20.1 Å². The second-order valence-electron chi connectivity index (χ2n) is 1.67. The van der Waals surface area contributed by atoms with Gasteiger partial charge in [-0.1, -0.05) is 0 Å². The number of carbonyl (C=O) groups excluding carboxylic acids is 1. The van der Waals surface area contributed by atoms with Gasteiger partial charge in [0.2, 0.25) is 0 Å². The van der Waals surface area contributed by atoms with Crippen LogP contribution in [0.2, 0.25) is 0 Å². The summed E-state index contributed by atoms with van der Waals surface area (Å²) in [5.41, 5.74) is 0. The van der Waals surface area contributed by atoms with E-state index in [-0.39, 0.29) is 0 Å². The van der Waals surface area contributed by atoms with E-state index in [0.717, 1.165) is 0 Å². The Morgan fingerprint density at radius 2 is 2.11 bits per heavy atom. The molecule has 3 N–H and O–H groups in total. The molecule has 4 nitrogen and oxygen atoms in total. The third kappa shape index (κ3) is 3.18. The zero-order chi connectivity index (χ0) is 8.15. The van der Waals surface area contributed by atoms with Crippen molar-refractivity contribution >= 4 is 6.26 Å². The fraction of sp³-hybridized carbons (Fsp3) is 0.800. The van der Waals surface area contributed by atoms with Gasteiger partial charge in [-0.3, -0.25) is 0 Å². The van der Waals surface area contributed by atoms with Crippen LogP contribution in [0, 0.1) is 0 Å². The summed E-state index contributed by atoms with van der Waals surface area (Å²) in [6.45, 7) is -0.603. The smallest absolute Gasteiger partial charge is 0.122 e. The number of carbonyl (C=O) groups is 1. The quantitative estimate of drug-likeness (QED) is 0.401. The number of hydrogen-bond acceptors (Lipinski definition) is 4. The molecule has 0 aromatic carbocycles. The van der Waals surface area contributed by atoms with Gasteiger partial charge >= 0.3 is 0 Å². The van der Waals surface area contributed by atoms with E-state index in [1.54, 1.807) is 0 Å². The third-order valence-electron chi connectivity index (χ3n) is 0.924. The van der Waals surface area contributed by atoms with Crippen LogP contribution >= 0.6 is 0 Å². The molecule has 9 heavy (non-hydrogen) atoms. The molecule has 0 aliphatic heterocycles. The van der Waals surface area contributed by atoms with Gasteiger partial charge in [0.15, 0.2) is 0 Å². The Morgan fingerprint density at radius 3 is 2.44 bits per heavy atom. The lowest BCUT2D eigenvalue weighted by molar-refractivity contribution is -0.111. The molecule has 0 aliphatic rings. The molecule has 54 valence electrons. The van der Waals surface area contributed by atoms with Gasteiger partial charge in [-0.15, -0.1) is 0 Å². The predicted molar refractivity (Wildman–Crippen MR) is 29.8 cm³/mol. The molecule has 0 spiro atoms. The summed E-state index contributed by atoms with van der Waals surface area (Å²) in [4.78, 5) is 9.99. The molecule has 0 radical (unpaired) electrons. The number of aliphatic hydroxyl groups excluding tert-OH is 3. The van der Waals surface area contributed by atoms with Crippen molar-refractivity contribution in [2.75, 3.05) is 6.61 Å². The Bertz CT molecular complexity index is 116. The molecule has 0 bridgehead atoms.